The minimum absolute atomic E-state index is 0.0731. The summed E-state index contributed by atoms with van der Waals surface area (Å²) in [5.41, 5.74) is 7.48. The molecule has 1 unspecified atom stereocenters. The van der Waals surface area contributed by atoms with E-state index in [1.54, 1.807) is 0 Å². The van der Waals surface area contributed by atoms with E-state index in [4.69, 9.17) is 15.6 Å². The number of nitrogens with zero attached hydrogens (tertiary/aromatic N) is 1. The highest BCUT2D eigenvalue weighted by atomic mass is 79.9. The minimum Gasteiger partial charge on any atom is -0.394 e. The van der Waals surface area contributed by atoms with E-state index in [0.29, 0.717) is 12.7 Å². The van der Waals surface area contributed by atoms with E-state index in [-0.39, 0.29) is 12.6 Å². The lowest BCUT2D eigenvalue weighted by Crippen LogP contribution is -2.38. The predicted molar refractivity (Wildman–Crippen MR) is 88.2 cm³/mol. The molecule has 1 aromatic carbocycles. The van der Waals surface area contributed by atoms with E-state index in [1.165, 1.54) is 5.56 Å². The van der Waals surface area contributed by atoms with Crippen molar-refractivity contribution >= 4 is 15.9 Å². The molecule has 0 spiro atoms. The van der Waals surface area contributed by atoms with Gasteiger partial charge in [-0.15, -0.1) is 0 Å². The summed E-state index contributed by atoms with van der Waals surface area (Å²) in [6.07, 6.45) is 3.37. The van der Waals surface area contributed by atoms with Crippen molar-refractivity contribution in [3.63, 3.8) is 0 Å². The fourth-order valence-electron chi connectivity index (χ4n) is 2.77. The maximum Gasteiger partial charge on any atom is 0.0701 e. The van der Waals surface area contributed by atoms with Crippen molar-refractivity contribution in [2.24, 2.45) is 5.73 Å². The van der Waals surface area contributed by atoms with Gasteiger partial charge in [-0.2, -0.15) is 0 Å². The molecule has 1 aliphatic rings. The van der Waals surface area contributed by atoms with Gasteiger partial charge in [0.2, 0.25) is 0 Å². The summed E-state index contributed by atoms with van der Waals surface area (Å²) in [5.74, 6) is 0. The third kappa shape index (κ3) is 5.34. The zero-order valence-corrected chi connectivity index (χ0v) is 14.0. The molecule has 21 heavy (non-hydrogen) atoms. The van der Waals surface area contributed by atoms with Crippen LogP contribution in [0.25, 0.3) is 0 Å². The summed E-state index contributed by atoms with van der Waals surface area (Å²) in [6.45, 7) is 3.70. The lowest BCUT2D eigenvalue weighted by Gasteiger charge is -2.32. The van der Waals surface area contributed by atoms with Crippen LogP contribution in [0, 0.1) is 0 Å². The zero-order valence-electron chi connectivity index (χ0n) is 12.4. The molecule has 0 radical (unpaired) electrons. The Bertz CT molecular complexity index is 422. The van der Waals surface area contributed by atoms with Crippen molar-refractivity contribution in [2.75, 3.05) is 32.8 Å². The number of piperidine rings is 1. The average molecular weight is 357 g/mol. The molecule has 0 saturated carbocycles. The topological polar surface area (TPSA) is 58.7 Å². The summed E-state index contributed by atoms with van der Waals surface area (Å²) in [4.78, 5) is 2.45. The Kier molecular flexibility index (Phi) is 7.13. The van der Waals surface area contributed by atoms with Crippen molar-refractivity contribution in [3.8, 4) is 0 Å². The maximum absolute atomic E-state index is 8.77. The van der Waals surface area contributed by atoms with E-state index in [2.05, 4.69) is 26.9 Å². The van der Waals surface area contributed by atoms with Gasteiger partial charge in [-0.25, -0.2) is 0 Å². The molecule has 5 heteroatoms. The van der Waals surface area contributed by atoms with E-state index < -0.39 is 0 Å². The molecule has 2 rings (SSSR count). The second-order valence-electron chi connectivity index (χ2n) is 5.55. The number of halogens is 1. The number of hydrogen-bond donors (Lipinski definition) is 2. The Hall–Kier alpha value is -0.460. The van der Waals surface area contributed by atoms with Gasteiger partial charge in [0.15, 0.2) is 0 Å². The number of nitrogens with two attached hydrogens (primary N) is 1. The van der Waals surface area contributed by atoms with Gasteiger partial charge in [0, 0.05) is 23.6 Å². The van der Waals surface area contributed by atoms with Crippen LogP contribution in [0.3, 0.4) is 0 Å². The molecule has 0 aliphatic carbocycles. The fraction of sp³-hybridized carbons (Fsp3) is 0.625. The molecule has 3 N–H and O–H groups in total. The molecular formula is C16H25BrN2O2. The summed E-state index contributed by atoms with van der Waals surface area (Å²) in [5, 5.41) is 8.77. The SMILES string of the molecule is NC(CCN1CCC(OCCO)CC1)c1ccccc1Br. The Morgan fingerprint density at radius 3 is 2.71 bits per heavy atom. The maximum atomic E-state index is 8.77. The van der Waals surface area contributed by atoms with Gasteiger partial charge in [0.25, 0.3) is 0 Å². The van der Waals surface area contributed by atoms with Gasteiger partial charge < -0.3 is 20.5 Å². The number of likely N-dealkylation sites (tertiary alicyclic amines) is 1. The van der Waals surface area contributed by atoms with Gasteiger partial charge in [-0.1, -0.05) is 34.1 Å². The molecule has 1 fully saturated rings. The van der Waals surface area contributed by atoms with Crippen LogP contribution in [0.4, 0.5) is 0 Å². The largest absolute Gasteiger partial charge is 0.394 e. The number of rotatable bonds is 7. The van der Waals surface area contributed by atoms with Crippen molar-refractivity contribution in [1.82, 2.24) is 4.90 Å². The van der Waals surface area contributed by atoms with Gasteiger partial charge >= 0.3 is 0 Å². The van der Waals surface area contributed by atoms with Crippen molar-refractivity contribution < 1.29 is 9.84 Å². The molecule has 1 aromatic rings. The number of aliphatic hydroxyl groups excluding tert-OH is 1. The number of benzene rings is 1. The third-order valence-corrected chi connectivity index (χ3v) is 4.76. The summed E-state index contributed by atoms with van der Waals surface area (Å²) >= 11 is 3.56. The average Bonchev–Trinajstić information content (AvgIpc) is 2.52. The van der Waals surface area contributed by atoms with Crippen molar-refractivity contribution in [1.29, 1.82) is 0 Å². The Balaban J connectivity index is 1.71. The van der Waals surface area contributed by atoms with Crippen molar-refractivity contribution in [2.45, 2.75) is 31.4 Å². The molecular weight excluding hydrogens is 332 g/mol. The number of hydrogen-bond acceptors (Lipinski definition) is 4. The van der Waals surface area contributed by atoms with Crippen LogP contribution in [0.2, 0.25) is 0 Å². The highest BCUT2D eigenvalue weighted by molar-refractivity contribution is 9.10. The van der Waals surface area contributed by atoms with E-state index >= 15 is 0 Å². The first kappa shape index (κ1) is 16.9. The van der Waals surface area contributed by atoms with E-state index in [0.717, 1.165) is 43.4 Å². The number of aliphatic hydroxyl groups is 1. The predicted octanol–water partition coefficient (Wildman–Crippen LogP) is 2.31. The molecule has 0 bridgehead atoms. The lowest BCUT2D eigenvalue weighted by molar-refractivity contribution is -0.00802. The smallest absolute Gasteiger partial charge is 0.0701 e. The standard InChI is InChI=1S/C16H25BrN2O2/c17-15-4-2-1-3-14(15)16(18)7-10-19-8-5-13(6-9-19)21-12-11-20/h1-4,13,16,20H,5-12,18H2. The molecule has 1 heterocycles. The van der Waals surface area contributed by atoms with Crippen LogP contribution >= 0.6 is 15.9 Å². The number of ether oxygens (including phenoxy) is 1. The third-order valence-electron chi connectivity index (χ3n) is 4.04. The summed E-state index contributed by atoms with van der Waals surface area (Å²) in [7, 11) is 0. The first-order valence-corrected chi connectivity index (χ1v) is 8.45. The Labute approximate surface area is 135 Å². The van der Waals surface area contributed by atoms with Gasteiger partial charge in [-0.3, -0.25) is 0 Å². The first-order valence-electron chi connectivity index (χ1n) is 7.65. The summed E-state index contributed by atoms with van der Waals surface area (Å²) in [6, 6.07) is 8.24. The van der Waals surface area contributed by atoms with Crippen LogP contribution < -0.4 is 5.73 Å². The Morgan fingerprint density at radius 2 is 2.05 bits per heavy atom. The normalized spacial score (nSPS) is 18.8. The molecule has 4 nitrogen and oxygen atoms in total. The molecule has 1 atom stereocenters. The molecule has 0 amide bonds. The highest BCUT2D eigenvalue weighted by Crippen LogP contribution is 2.24. The van der Waals surface area contributed by atoms with E-state index in [9.17, 15) is 0 Å². The quantitative estimate of drug-likeness (QED) is 0.786. The van der Waals surface area contributed by atoms with Crippen LogP contribution in [0.5, 0.6) is 0 Å². The molecule has 0 aromatic heterocycles. The lowest BCUT2D eigenvalue weighted by atomic mass is 10.0. The molecule has 1 aliphatic heterocycles. The fourth-order valence-corrected chi connectivity index (χ4v) is 3.35. The molecule has 1 saturated heterocycles. The van der Waals surface area contributed by atoms with Crippen LogP contribution in [-0.2, 0) is 4.74 Å². The summed E-state index contributed by atoms with van der Waals surface area (Å²) < 4.78 is 6.67. The van der Waals surface area contributed by atoms with Crippen molar-refractivity contribution in [3.05, 3.63) is 34.3 Å². The van der Waals surface area contributed by atoms with Gasteiger partial charge in [-0.05, 0) is 37.4 Å². The van der Waals surface area contributed by atoms with Gasteiger partial charge in [0.05, 0.1) is 19.3 Å². The Morgan fingerprint density at radius 1 is 1.33 bits per heavy atom. The van der Waals surface area contributed by atoms with Crippen LogP contribution in [0.1, 0.15) is 30.9 Å². The van der Waals surface area contributed by atoms with E-state index in [1.807, 2.05) is 18.2 Å². The monoisotopic (exact) mass is 356 g/mol. The van der Waals surface area contributed by atoms with Crippen LogP contribution in [0.15, 0.2) is 28.7 Å². The zero-order chi connectivity index (χ0) is 15.1. The second kappa shape index (κ2) is 8.86. The second-order valence-corrected chi connectivity index (χ2v) is 6.41. The van der Waals surface area contributed by atoms with Gasteiger partial charge in [0.1, 0.15) is 0 Å². The minimum atomic E-state index is 0.0731. The van der Waals surface area contributed by atoms with Crippen LogP contribution in [-0.4, -0.2) is 49.0 Å². The first-order chi connectivity index (χ1) is 10.2. The highest BCUT2D eigenvalue weighted by Gasteiger charge is 2.20. The molecule has 118 valence electrons.